The van der Waals surface area contributed by atoms with Gasteiger partial charge in [-0.3, -0.25) is 9.36 Å². The molecule has 0 unspecified atom stereocenters. The summed E-state index contributed by atoms with van der Waals surface area (Å²) in [6.45, 7) is 0. The summed E-state index contributed by atoms with van der Waals surface area (Å²) < 4.78 is 12.4. The Bertz CT molecular complexity index is 1340. The molecule has 3 aromatic carbocycles. The van der Waals surface area contributed by atoms with E-state index in [4.69, 9.17) is 9.47 Å². The molecule has 5 nitrogen and oxygen atoms in total. The lowest BCUT2D eigenvalue weighted by Gasteiger charge is -2.14. The molecule has 4 rings (SSSR count). The highest BCUT2D eigenvalue weighted by Gasteiger charge is 2.15. The van der Waals surface area contributed by atoms with E-state index in [0.717, 1.165) is 16.8 Å². The van der Waals surface area contributed by atoms with E-state index < -0.39 is 0 Å². The minimum atomic E-state index is -0.196. The zero-order chi connectivity index (χ0) is 21.8. The summed E-state index contributed by atoms with van der Waals surface area (Å²) in [5, 5.41) is 9.58. The van der Waals surface area contributed by atoms with E-state index in [1.807, 2.05) is 60.7 Å². The fourth-order valence-corrected chi connectivity index (χ4v) is 3.54. The summed E-state index contributed by atoms with van der Waals surface area (Å²) in [4.78, 5) is 13.5. The van der Waals surface area contributed by atoms with Crippen molar-refractivity contribution >= 4 is 0 Å². The average molecular weight is 408 g/mol. The van der Waals surface area contributed by atoms with Crippen molar-refractivity contribution < 1.29 is 9.47 Å². The van der Waals surface area contributed by atoms with Crippen molar-refractivity contribution in [1.29, 1.82) is 5.26 Å². The number of nitriles is 1. The van der Waals surface area contributed by atoms with Crippen LogP contribution in [0, 0.1) is 11.3 Å². The predicted molar refractivity (Wildman–Crippen MR) is 121 cm³/mol. The highest BCUT2D eigenvalue weighted by atomic mass is 16.5. The molecule has 0 bridgehead atoms. The Kier molecular flexibility index (Phi) is 5.55. The van der Waals surface area contributed by atoms with Crippen LogP contribution in [-0.2, 0) is 0 Å². The first-order valence-corrected chi connectivity index (χ1v) is 9.70. The van der Waals surface area contributed by atoms with Gasteiger partial charge in [-0.15, -0.1) is 0 Å². The number of nitrogens with zero attached hydrogens (tertiary/aromatic N) is 2. The minimum absolute atomic E-state index is 0.196. The fraction of sp³-hybridized carbons (Fsp3) is 0.0769. The topological polar surface area (TPSA) is 64.2 Å². The Morgan fingerprint density at radius 1 is 0.774 bits per heavy atom. The van der Waals surface area contributed by atoms with E-state index in [1.165, 1.54) is 0 Å². The zero-order valence-electron chi connectivity index (χ0n) is 17.2. The first-order chi connectivity index (χ1) is 15.2. The van der Waals surface area contributed by atoms with Crippen LogP contribution in [0.1, 0.15) is 5.56 Å². The molecule has 0 saturated heterocycles. The standard InChI is InChI=1S/C26H20N2O3/c1-30-24-13-12-18(15-25(24)31-2)20-14-23(22-11-7-6-8-19(22)16-27)26(29)28(17-20)21-9-4-3-5-10-21/h3-15,17H,1-2H3. The molecule has 1 heterocycles. The summed E-state index contributed by atoms with van der Waals surface area (Å²) >= 11 is 0. The Labute approximate surface area is 180 Å². The summed E-state index contributed by atoms with van der Waals surface area (Å²) in [5.74, 6) is 1.22. The largest absolute Gasteiger partial charge is 0.493 e. The van der Waals surface area contributed by atoms with Gasteiger partial charge in [-0.05, 0) is 47.5 Å². The monoisotopic (exact) mass is 408 g/mol. The SMILES string of the molecule is COc1ccc(-c2cc(-c3ccccc3C#N)c(=O)n(-c3ccccc3)c2)cc1OC. The van der Waals surface area contributed by atoms with Gasteiger partial charge in [0.15, 0.2) is 11.5 Å². The number of benzene rings is 3. The number of hydrogen-bond acceptors (Lipinski definition) is 4. The Morgan fingerprint density at radius 3 is 2.19 bits per heavy atom. The molecule has 4 aromatic rings. The van der Waals surface area contributed by atoms with Gasteiger partial charge in [-0.2, -0.15) is 5.26 Å². The van der Waals surface area contributed by atoms with Gasteiger partial charge in [0, 0.05) is 23.0 Å². The van der Waals surface area contributed by atoms with Gasteiger partial charge in [-0.1, -0.05) is 42.5 Å². The Hall–Kier alpha value is -4.30. The average Bonchev–Trinajstić information content (AvgIpc) is 2.84. The summed E-state index contributed by atoms with van der Waals surface area (Å²) in [6.07, 6.45) is 1.80. The molecular weight excluding hydrogens is 388 g/mol. The molecule has 0 aliphatic carbocycles. The molecule has 0 atom stereocenters. The number of para-hydroxylation sites is 1. The number of ether oxygens (including phenoxy) is 2. The molecule has 0 N–H and O–H groups in total. The van der Waals surface area contributed by atoms with Crippen molar-refractivity contribution in [3.05, 3.63) is 101 Å². The van der Waals surface area contributed by atoms with Crippen LogP contribution in [0.2, 0.25) is 0 Å². The second-order valence-electron chi connectivity index (χ2n) is 6.88. The van der Waals surface area contributed by atoms with Gasteiger partial charge in [0.1, 0.15) is 0 Å². The lowest BCUT2D eigenvalue weighted by Crippen LogP contribution is -2.20. The molecule has 0 amide bonds. The molecule has 0 saturated carbocycles. The van der Waals surface area contributed by atoms with Gasteiger partial charge in [0.2, 0.25) is 0 Å². The van der Waals surface area contributed by atoms with Crippen LogP contribution >= 0.6 is 0 Å². The first-order valence-electron chi connectivity index (χ1n) is 9.70. The molecule has 1 aromatic heterocycles. The van der Waals surface area contributed by atoms with Crippen molar-refractivity contribution in [2.45, 2.75) is 0 Å². The van der Waals surface area contributed by atoms with Crippen molar-refractivity contribution in [2.75, 3.05) is 14.2 Å². The number of hydrogen-bond donors (Lipinski definition) is 0. The van der Waals surface area contributed by atoms with Crippen molar-refractivity contribution in [3.8, 4) is 45.5 Å². The van der Waals surface area contributed by atoms with Crippen LogP contribution in [0.5, 0.6) is 11.5 Å². The highest BCUT2D eigenvalue weighted by molar-refractivity contribution is 5.76. The van der Waals surface area contributed by atoms with E-state index in [9.17, 15) is 10.1 Å². The molecule has 0 radical (unpaired) electrons. The quantitative estimate of drug-likeness (QED) is 0.463. The number of rotatable bonds is 5. The van der Waals surface area contributed by atoms with Gasteiger partial charge in [0.05, 0.1) is 25.9 Å². The third-order valence-corrected chi connectivity index (χ3v) is 5.11. The first kappa shape index (κ1) is 20.0. The lowest BCUT2D eigenvalue weighted by molar-refractivity contribution is 0.355. The zero-order valence-corrected chi connectivity index (χ0v) is 17.2. The molecule has 0 aliphatic heterocycles. The maximum Gasteiger partial charge on any atom is 0.263 e. The number of pyridine rings is 1. The second kappa shape index (κ2) is 8.60. The fourth-order valence-electron chi connectivity index (χ4n) is 3.54. The molecule has 5 heteroatoms. The Morgan fingerprint density at radius 2 is 1.48 bits per heavy atom. The molecular formula is C26H20N2O3. The van der Waals surface area contributed by atoms with Crippen molar-refractivity contribution in [2.24, 2.45) is 0 Å². The smallest absolute Gasteiger partial charge is 0.263 e. The van der Waals surface area contributed by atoms with E-state index in [1.54, 1.807) is 43.2 Å². The molecule has 0 aliphatic rings. The van der Waals surface area contributed by atoms with Gasteiger partial charge < -0.3 is 9.47 Å². The number of aromatic nitrogens is 1. The van der Waals surface area contributed by atoms with Gasteiger partial charge in [-0.25, -0.2) is 0 Å². The van der Waals surface area contributed by atoms with Crippen molar-refractivity contribution in [3.63, 3.8) is 0 Å². The summed E-state index contributed by atoms with van der Waals surface area (Å²) in [5.41, 5.74) is 3.72. The Balaban J connectivity index is 2.01. The maximum absolute atomic E-state index is 13.5. The normalized spacial score (nSPS) is 10.4. The van der Waals surface area contributed by atoms with Crippen LogP contribution < -0.4 is 15.0 Å². The van der Waals surface area contributed by atoms with Crippen LogP contribution in [0.15, 0.2) is 89.9 Å². The van der Waals surface area contributed by atoms with E-state index in [0.29, 0.717) is 28.2 Å². The molecule has 0 spiro atoms. The van der Waals surface area contributed by atoms with Gasteiger partial charge >= 0.3 is 0 Å². The second-order valence-corrected chi connectivity index (χ2v) is 6.88. The lowest BCUT2D eigenvalue weighted by atomic mass is 9.98. The summed E-state index contributed by atoms with van der Waals surface area (Å²) in [6, 6.07) is 26.2. The summed E-state index contributed by atoms with van der Waals surface area (Å²) in [7, 11) is 3.17. The van der Waals surface area contributed by atoms with E-state index >= 15 is 0 Å². The van der Waals surface area contributed by atoms with E-state index in [-0.39, 0.29) is 5.56 Å². The molecule has 31 heavy (non-hydrogen) atoms. The minimum Gasteiger partial charge on any atom is -0.493 e. The highest BCUT2D eigenvalue weighted by Crippen LogP contribution is 2.33. The van der Waals surface area contributed by atoms with Crippen LogP contribution in [0.3, 0.4) is 0 Å². The third kappa shape index (κ3) is 3.79. The molecule has 0 fully saturated rings. The number of methoxy groups -OCH3 is 2. The predicted octanol–water partition coefficient (Wildman–Crippen LogP) is 5.06. The van der Waals surface area contributed by atoms with Crippen LogP contribution in [0.4, 0.5) is 0 Å². The van der Waals surface area contributed by atoms with E-state index in [2.05, 4.69) is 6.07 Å². The van der Waals surface area contributed by atoms with Crippen LogP contribution in [-0.4, -0.2) is 18.8 Å². The van der Waals surface area contributed by atoms with Gasteiger partial charge in [0.25, 0.3) is 5.56 Å². The maximum atomic E-state index is 13.5. The van der Waals surface area contributed by atoms with Crippen LogP contribution in [0.25, 0.3) is 27.9 Å². The van der Waals surface area contributed by atoms with Crippen molar-refractivity contribution in [1.82, 2.24) is 4.57 Å². The molecule has 152 valence electrons. The third-order valence-electron chi connectivity index (χ3n) is 5.11.